The average molecular weight is 420 g/mol. The number of benzene rings is 2. The van der Waals surface area contributed by atoms with Gasteiger partial charge in [-0.05, 0) is 37.6 Å². The van der Waals surface area contributed by atoms with Crippen LogP contribution in [0.2, 0.25) is 0 Å². The Hall–Kier alpha value is -3.45. The van der Waals surface area contributed by atoms with Crippen LogP contribution in [0.15, 0.2) is 65.3 Å². The first kappa shape index (κ1) is 19.8. The van der Waals surface area contributed by atoms with Crippen LogP contribution in [0.3, 0.4) is 0 Å². The summed E-state index contributed by atoms with van der Waals surface area (Å²) in [6, 6.07) is 16.6. The molecule has 2 N–H and O–H groups in total. The van der Waals surface area contributed by atoms with E-state index in [-0.39, 0.29) is 17.9 Å². The fourth-order valence-corrected chi connectivity index (χ4v) is 4.16. The van der Waals surface area contributed by atoms with E-state index >= 15 is 0 Å². The van der Waals surface area contributed by atoms with E-state index in [1.54, 1.807) is 24.5 Å². The zero-order chi connectivity index (χ0) is 21.1. The molecule has 30 heavy (non-hydrogen) atoms. The molecule has 4 aromatic rings. The number of aryl methyl sites for hydroxylation is 1. The molecule has 2 heterocycles. The Labute approximate surface area is 177 Å². The highest BCUT2D eigenvalue weighted by molar-refractivity contribution is 7.15. The van der Waals surface area contributed by atoms with Gasteiger partial charge in [0.1, 0.15) is 11.3 Å². The summed E-state index contributed by atoms with van der Waals surface area (Å²) in [5, 5.41) is 7.39. The van der Waals surface area contributed by atoms with Crippen molar-refractivity contribution in [2.75, 3.05) is 6.54 Å². The molecule has 0 saturated carbocycles. The van der Waals surface area contributed by atoms with Crippen LogP contribution in [0.5, 0.6) is 0 Å². The maximum Gasteiger partial charge on any atom is 0.271 e. The summed E-state index contributed by atoms with van der Waals surface area (Å²) in [4.78, 5) is 30.7. The number of thiazole rings is 1. The molecule has 152 valence electrons. The molecule has 0 radical (unpaired) electrons. The number of hydrogen-bond acceptors (Lipinski definition) is 5. The highest BCUT2D eigenvalue weighted by Gasteiger charge is 2.20. The van der Waals surface area contributed by atoms with Gasteiger partial charge >= 0.3 is 0 Å². The normalized spacial score (nSPS) is 11.9. The van der Waals surface area contributed by atoms with Gasteiger partial charge in [-0.3, -0.25) is 9.59 Å². The number of carbonyl (C=O) groups excluding carboxylic acids is 2. The molecule has 0 aliphatic carbocycles. The van der Waals surface area contributed by atoms with Gasteiger partial charge in [-0.25, -0.2) is 4.98 Å². The summed E-state index contributed by atoms with van der Waals surface area (Å²) in [7, 11) is 0. The molecular formula is C23H21N3O3S. The number of rotatable bonds is 6. The zero-order valence-corrected chi connectivity index (χ0v) is 17.5. The number of nitrogens with zero attached hydrogens (tertiary/aromatic N) is 1. The molecule has 6 nitrogen and oxygen atoms in total. The van der Waals surface area contributed by atoms with Crippen molar-refractivity contribution in [3.05, 3.63) is 77.1 Å². The number of carbonyl (C=O) groups is 2. The van der Waals surface area contributed by atoms with Crippen LogP contribution in [0.1, 0.15) is 32.8 Å². The van der Waals surface area contributed by atoms with E-state index in [4.69, 9.17) is 4.42 Å². The van der Waals surface area contributed by atoms with Crippen LogP contribution < -0.4 is 10.6 Å². The van der Waals surface area contributed by atoms with Crippen molar-refractivity contribution in [3.63, 3.8) is 0 Å². The topological polar surface area (TPSA) is 84.2 Å². The van der Waals surface area contributed by atoms with Gasteiger partial charge in [0.25, 0.3) is 11.8 Å². The summed E-state index contributed by atoms with van der Waals surface area (Å²) in [5.41, 5.74) is 2.57. The summed E-state index contributed by atoms with van der Waals surface area (Å²) in [6.07, 6.45) is 1.56. The first-order valence-corrected chi connectivity index (χ1v) is 10.4. The van der Waals surface area contributed by atoms with E-state index in [1.807, 2.05) is 50.2 Å². The Kier molecular flexibility index (Phi) is 5.63. The molecule has 2 aromatic carbocycles. The predicted molar refractivity (Wildman–Crippen MR) is 118 cm³/mol. The standard InChI is InChI=1S/C23H21N3O3S/c1-14(13-24-22(27)18-9-6-10-19-17(18)11-12-29-19)25-23(28)20-21(30-15(2)26-20)16-7-4-3-5-8-16/h3-12,14H,13H2,1-2H3,(H,24,27)(H,25,28)/t14-/m0/s1. The second-order valence-electron chi connectivity index (χ2n) is 7.00. The quantitative estimate of drug-likeness (QED) is 0.485. The van der Waals surface area contributed by atoms with Gasteiger partial charge in [-0.2, -0.15) is 0 Å². The Morgan fingerprint density at radius 1 is 1.07 bits per heavy atom. The van der Waals surface area contributed by atoms with Gasteiger partial charge in [-0.15, -0.1) is 11.3 Å². The molecule has 0 aliphatic rings. The predicted octanol–water partition coefficient (Wildman–Crippen LogP) is 4.41. The Bertz CT molecular complexity index is 1200. The van der Waals surface area contributed by atoms with Crippen LogP contribution in [0.4, 0.5) is 0 Å². The highest BCUT2D eigenvalue weighted by Crippen LogP contribution is 2.30. The number of fused-ring (bicyclic) bond motifs is 1. The number of aromatic nitrogens is 1. The van der Waals surface area contributed by atoms with Crippen LogP contribution in [0, 0.1) is 6.92 Å². The van der Waals surface area contributed by atoms with Gasteiger partial charge in [0.2, 0.25) is 0 Å². The molecule has 0 fully saturated rings. The third-order valence-corrected chi connectivity index (χ3v) is 5.69. The van der Waals surface area contributed by atoms with Gasteiger partial charge in [0.15, 0.2) is 0 Å². The monoisotopic (exact) mass is 419 g/mol. The molecule has 1 atom stereocenters. The molecule has 7 heteroatoms. The zero-order valence-electron chi connectivity index (χ0n) is 16.6. The maximum absolute atomic E-state index is 12.8. The van der Waals surface area contributed by atoms with Gasteiger partial charge in [-0.1, -0.05) is 36.4 Å². The maximum atomic E-state index is 12.8. The Balaban J connectivity index is 1.41. The average Bonchev–Trinajstić information content (AvgIpc) is 3.39. The second kappa shape index (κ2) is 8.51. The fraction of sp³-hybridized carbons (Fsp3) is 0.174. The van der Waals surface area contributed by atoms with E-state index in [9.17, 15) is 9.59 Å². The number of furan rings is 1. The smallest absolute Gasteiger partial charge is 0.271 e. The van der Waals surface area contributed by atoms with Crippen molar-refractivity contribution in [1.29, 1.82) is 0 Å². The summed E-state index contributed by atoms with van der Waals surface area (Å²) in [6.45, 7) is 4.02. The van der Waals surface area contributed by atoms with E-state index in [2.05, 4.69) is 15.6 Å². The summed E-state index contributed by atoms with van der Waals surface area (Å²) >= 11 is 1.49. The SMILES string of the molecule is Cc1nc(C(=O)N[C@@H](C)CNC(=O)c2cccc3occc23)c(-c2ccccc2)s1. The second-order valence-corrected chi connectivity index (χ2v) is 8.20. The van der Waals surface area contributed by atoms with Crippen molar-refractivity contribution in [2.24, 2.45) is 0 Å². The van der Waals surface area contributed by atoms with E-state index in [0.717, 1.165) is 20.8 Å². The molecule has 4 rings (SSSR count). The molecule has 2 amide bonds. The number of nitrogens with one attached hydrogen (secondary N) is 2. The van der Waals surface area contributed by atoms with E-state index in [0.29, 0.717) is 23.4 Å². The lowest BCUT2D eigenvalue weighted by atomic mass is 10.1. The van der Waals surface area contributed by atoms with Gasteiger partial charge < -0.3 is 15.1 Å². The molecule has 0 spiro atoms. The van der Waals surface area contributed by atoms with Crippen molar-refractivity contribution in [3.8, 4) is 10.4 Å². The first-order valence-electron chi connectivity index (χ1n) is 9.61. The minimum absolute atomic E-state index is 0.211. The largest absolute Gasteiger partial charge is 0.464 e. The van der Waals surface area contributed by atoms with Crippen LogP contribution in [0.25, 0.3) is 21.4 Å². The molecule has 0 bridgehead atoms. The first-order chi connectivity index (χ1) is 14.5. The molecular weight excluding hydrogens is 398 g/mol. The summed E-state index contributed by atoms with van der Waals surface area (Å²) in [5.74, 6) is -0.463. The van der Waals surface area contributed by atoms with Crippen LogP contribution in [-0.4, -0.2) is 29.4 Å². The Morgan fingerprint density at radius 2 is 1.87 bits per heavy atom. The molecule has 0 aliphatic heterocycles. The van der Waals surface area contributed by atoms with Crippen molar-refractivity contribution < 1.29 is 14.0 Å². The van der Waals surface area contributed by atoms with Crippen molar-refractivity contribution in [1.82, 2.24) is 15.6 Å². The van der Waals surface area contributed by atoms with Gasteiger partial charge in [0.05, 0.1) is 21.7 Å². The summed E-state index contributed by atoms with van der Waals surface area (Å²) < 4.78 is 5.34. The third-order valence-electron chi connectivity index (χ3n) is 4.67. The lowest BCUT2D eigenvalue weighted by Gasteiger charge is -2.15. The fourth-order valence-electron chi connectivity index (χ4n) is 3.24. The minimum atomic E-state index is -0.268. The number of amides is 2. The van der Waals surface area contributed by atoms with E-state index in [1.165, 1.54) is 11.3 Å². The highest BCUT2D eigenvalue weighted by atomic mass is 32.1. The molecule has 0 unspecified atom stereocenters. The minimum Gasteiger partial charge on any atom is -0.464 e. The van der Waals surface area contributed by atoms with Crippen molar-refractivity contribution in [2.45, 2.75) is 19.9 Å². The van der Waals surface area contributed by atoms with Crippen LogP contribution >= 0.6 is 11.3 Å². The van der Waals surface area contributed by atoms with Crippen LogP contribution in [-0.2, 0) is 0 Å². The molecule has 0 saturated heterocycles. The third kappa shape index (κ3) is 4.11. The lowest BCUT2D eigenvalue weighted by Crippen LogP contribution is -2.42. The Morgan fingerprint density at radius 3 is 2.67 bits per heavy atom. The lowest BCUT2D eigenvalue weighted by molar-refractivity contribution is 0.0910. The van der Waals surface area contributed by atoms with Gasteiger partial charge in [0, 0.05) is 18.0 Å². The van der Waals surface area contributed by atoms with E-state index < -0.39 is 0 Å². The van der Waals surface area contributed by atoms with Crippen molar-refractivity contribution >= 4 is 34.1 Å². The number of hydrogen-bond donors (Lipinski definition) is 2. The molecule has 2 aromatic heterocycles.